The molecule has 1 N–H and O–H groups in total. The van der Waals surface area contributed by atoms with E-state index in [1.54, 1.807) is 0 Å². The molecule has 4 nitrogen and oxygen atoms in total. The number of nitrogens with zero attached hydrogens (tertiary/aromatic N) is 1. The van der Waals surface area contributed by atoms with Gasteiger partial charge in [-0.15, -0.1) is 0 Å². The Labute approximate surface area is 94.7 Å². The van der Waals surface area contributed by atoms with Crippen molar-refractivity contribution in [1.82, 2.24) is 10.2 Å². The first-order chi connectivity index (χ1) is 7.29. The van der Waals surface area contributed by atoms with Gasteiger partial charge in [0, 0.05) is 31.1 Å². The normalized spacial score (nSPS) is 32.7. The van der Waals surface area contributed by atoms with Crippen molar-refractivity contribution >= 4 is 17.7 Å². The maximum absolute atomic E-state index is 12.1. The minimum absolute atomic E-state index is 0.000768. The summed E-state index contributed by atoms with van der Waals surface area (Å²) >= 11 is 1.92. The molecule has 2 aliphatic heterocycles. The second-order valence-electron chi connectivity index (χ2n) is 3.95. The molecule has 15 heavy (non-hydrogen) atoms. The third-order valence-corrected chi connectivity index (χ3v) is 3.85. The molecule has 0 aliphatic carbocycles. The summed E-state index contributed by atoms with van der Waals surface area (Å²) in [5.41, 5.74) is 0. The van der Waals surface area contributed by atoms with E-state index in [0.717, 1.165) is 31.1 Å². The monoisotopic (exact) mass is 230 g/mol. The highest BCUT2D eigenvalue weighted by atomic mass is 32.2. The topological polar surface area (TPSA) is 41.6 Å². The van der Waals surface area contributed by atoms with Gasteiger partial charge in [0.05, 0.1) is 12.7 Å². The van der Waals surface area contributed by atoms with Crippen LogP contribution in [0.15, 0.2) is 0 Å². The second kappa shape index (κ2) is 5.18. The summed E-state index contributed by atoms with van der Waals surface area (Å²) in [7, 11) is 0. The van der Waals surface area contributed by atoms with E-state index in [2.05, 4.69) is 5.32 Å². The van der Waals surface area contributed by atoms with Gasteiger partial charge in [0.15, 0.2) is 0 Å². The molecular weight excluding hydrogens is 212 g/mol. The molecule has 2 rings (SSSR count). The molecule has 2 heterocycles. The Balaban J connectivity index is 1.92. The molecule has 5 heteroatoms. The number of hydrogen-bond donors (Lipinski definition) is 1. The molecule has 0 spiro atoms. The van der Waals surface area contributed by atoms with Crippen LogP contribution in [-0.4, -0.2) is 60.7 Å². The van der Waals surface area contributed by atoms with Gasteiger partial charge in [-0.25, -0.2) is 0 Å². The van der Waals surface area contributed by atoms with E-state index in [1.807, 2.05) is 23.6 Å². The maximum atomic E-state index is 12.1. The fourth-order valence-corrected chi connectivity index (χ4v) is 2.89. The van der Waals surface area contributed by atoms with Crippen LogP contribution in [0.4, 0.5) is 0 Å². The Morgan fingerprint density at radius 3 is 2.87 bits per heavy atom. The van der Waals surface area contributed by atoms with Crippen molar-refractivity contribution in [2.45, 2.75) is 19.1 Å². The first-order valence-corrected chi connectivity index (χ1v) is 6.66. The minimum Gasteiger partial charge on any atom is -0.375 e. The first kappa shape index (κ1) is 11.2. The number of carbonyl (C=O) groups excluding carboxylic acids is 1. The van der Waals surface area contributed by atoms with E-state index < -0.39 is 0 Å². The Hall–Kier alpha value is -0.260. The predicted octanol–water partition coefficient (Wildman–Crippen LogP) is -0.0613. The molecule has 0 saturated carbocycles. The van der Waals surface area contributed by atoms with Crippen LogP contribution < -0.4 is 5.32 Å². The molecule has 0 radical (unpaired) electrons. The summed E-state index contributed by atoms with van der Waals surface area (Å²) in [5, 5.41) is 3.24. The van der Waals surface area contributed by atoms with Crippen LogP contribution in [0.25, 0.3) is 0 Å². The number of ether oxygens (including phenoxy) is 1. The molecule has 86 valence electrons. The van der Waals surface area contributed by atoms with Gasteiger partial charge in [0.1, 0.15) is 6.04 Å². The number of rotatable bonds is 1. The van der Waals surface area contributed by atoms with E-state index in [-0.39, 0.29) is 18.1 Å². The zero-order valence-electron chi connectivity index (χ0n) is 9.07. The minimum atomic E-state index is -0.137. The third kappa shape index (κ3) is 2.65. The third-order valence-electron chi connectivity index (χ3n) is 2.91. The molecule has 1 amide bonds. The van der Waals surface area contributed by atoms with Crippen molar-refractivity contribution < 1.29 is 9.53 Å². The van der Waals surface area contributed by atoms with Crippen molar-refractivity contribution in [1.29, 1.82) is 0 Å². The zero-order valence-corrected chi connectivity index (χ0v) is 9.89. The van der Waals surface area contributed by atoms with Crippen molar-refractivity contribution in [2.75, 3.05) is 37.7 Å². The molecule has 0 unspecified atom stereocenters. The van der Waals surface area contributed by atoms with Crippen LogP contribution in [0.2, 0.25) is 0 Å². The van der Waals surface area contributed by atoms with Crippen molar-refractivity contribution in [3.05, 3.63) is 0 Å². The fraction of sp³-hybridized carbons (Fsp3) is 0.900. The zero-order chi connectivity index (χ0) is 10.7. The Morgan fingerprint density at radius 1 is 1.47 bits per heavy atom. The largest absolute Gasteiger partial charge is 0.375 e. The lowest BCUT2D eigenvalue weighted by Crippen LogP contribution is -2.57. The van der Waals surface area contributed by atoms with Gasteiger partial charge in [-0.2, -0.15) is 11.8 Å². The summed E-state index contributed by atoms with van der Waals surface area (Å²) in [6.45, 7) is 5.22. The summed E-state index contributed by atoms with van der Waals surface area (Å²) in [4.78, 5) is 14.1. The summed E-state index contributed by atoms with van der Waals surface area (Å²) in [5.74, 6) is 2.34. The summed E-state index contributed by atoms with van der Waals surface area (Å²) in [6.07, 6.45) is 0.000768. The second-order valence-corrected chi connectivity index (χ2v) is 5.17. The standard InChI is InChI=1S/C10H18N2O2S/c1-8-9(11-2-5-14-8)10(13)12-3-6-15-7-4-12/h8-9,11H,2-7H2,1H3/t8-,9+/m1/s1. The number of thioether (sulfide) groups is 1. The van der Waals surface area contributed by atoms with Gasteiger partial charge in [-0.05, 0) is 6.92 Å². The lowest BCUT2D eigenvalue weighted by Gasteiger charge is -2.35. The molecule has 0 aromatic heterocycles. The van der Waals surface area contributed by atoms with Crippen molar-refractivity contribution in [2.24, 2.45) is 0 Å². The van der Waals surface area contributed by atoms with Gasteiger partial charge >= 0.3 is 0 Å². The van der Waals surface area contributed by atoms with Crippen molar-refractivity contribution in [3.8, 4) is 0 Å². The van der Waals surface area contributed by atoms with E-state index in [0.29, 0.717) is 6.61 Å². The molecule has 2 aliphatic rings. The van der Waals surface area contributed by atoms with Crippen LogP contribution in [0.1, 0.15) is 6.92 Å². The van der Waals surface area contributed by atoms with Gasteiger partial charge in [-0.1, -0.05) is 0 Å². The van der Waals surface area contributed by atoms with Crippen LogP contribution >= 0.6 is 11.8 Å². The van der Waals surface area contributed by atoms with E-state index in [1.165, 1.54) is 0 Å². The highest BCUT2D eigenvalue weighted by Gasteiger charge is 2.32. The van der Waals surface area contributed by atoms with Crippen molar-refractivity contribution in [3.63, 3.8) is 0 Å². The Morgan fingerprint density at radius 2 is 2.20 bits per heavy atom. The van der Waals surface area contributed by atoms with Crippen LogP contribution in [-0.2, 0) is 9.53 Å². The molecule has 2 atom stereocenters. The van der Waals surface area contributed by atoms with Gasteiger partial charge in [0.25, 0.3) is 0 Å². The number of amides is 1. The van der Waals surface area contributed by atoms with Gasteiger partial charge < -0.3 is 15.0 Å². The SMILES string of the molecule is C[C@H]1OCCN[C@@H]1C(=O)N1CCSCC1. The lowest BCUT2D eigenvalue weighted by atomic mass is 10.1. The Bertz CT molecular complexity index is 231. The average Bonchev–Trinajstić information content (AvgIpc) is 2.30. The molecule has 0 bridgehead atoms. The number of morpholine rings is 1. The smallest absolute Gasteiger partial charge is 0.242 e. The predicted molar refractivity (Wildman–Crippen MR) is 61.1 cm³/mol. The van der Waals surface area contributed by atoms with Crippen LogP contribution in [0.3, 0.4) is 0 Å². The summed E-state index contributed by atoms with van der Waals surface area (Å²) < 4.78 is 5.49. The summed E-state index contributed by atoms with van der Waals surface area (Å²) in [6, 6.07) is -0.137. The molecule has 2 saturated heterocycles. The number of carbonyl (C=O) groups is 1. The quantitative estimate of drug-likeness (QED) is 0.685. The maximum Gasteiger partial charge on any atom is 0.242 e. The van der Waals surface area contributed by atoms with Crippen LogP contribution in [0, 0.1) is 0 Å². The Kier molecular flexibility index (Phi) is 3.88. The molecule has 0 aromatic carbocycles. The van der Waals surface area contributed by atoms with E-state index >= 15 is 0 Å². The van der Waals surface area contributed by atoms with Gasteiger partial charge in [-0.3, -0.25) is 4.79 Å². The number of hydrogen-bond acceptors (Lipinski definition) is 4. The fourth-order valence-electron chi connectivity index (χ4n) is 1.99. The van der Waals surface area contributed by atoms with Gasteiger partial charge in [0.2, 0.25) is 5.91 Å². The number of nitrogens with one attached hydrogen (secondary N) is 1. The highest BCUT2D eigenvalue weighted by molar-refractivity contribution is 7.99. The van der Waals surface area contributed by atoms with E-state index in [9.17, 15) is 4.79 Å². The molecule has 0 aromatic rings. The van der Waals surface area contributed by atoms with E-state index in [4.69, 9.17) is 4.74 Å². The molecular formula is C10H18N2O2S. The first-order valence-electron chi connectivity index (χ1n) is 5.50. The molecule has 2 fully saturated rings. The average molecular weight is 230 g/mol. The lowest BCUT2D eigenvalue weighted by molar-refractivity contribution is -0.139. The highest BCUT2D eigenvalue weighted by Crippen LogP contribution is 2.13. The van der Waals surface area contributed by atoms with Crippen LogP contribution in [0.5, 0.6) is 0 Å².